The van der Waals surface area contributed by atoms with Gasteiger partial charge in [0.2, 0.25) is 0 Å². The second-order valence-electron chi connectivity index (χ2n) is 7.88. The van der Waals surface area contributed by atoms with Gasteiger partial charge in [0.1, 0.15) is 23.0 Å². The second kappa shape index (κ2) is 12.9. The zero-order valence-corrected chi connectivity index (χ0v) is 21.4. The summed E-state index contributed by atoms with van der Waals surface area (Å²) in [6, 6.07) is 13.7. The number of phenols is 1. The number of carbonyl (C=O) groups excluding carboxylic acids is 2. The van der Waals surface area contributed by atoms with Gasteiger partial charge >= 0.3 is 0 Å². The van der Waals surface area contributed by atoms with E-state index in [9.17, 15) is 19.1 Å². The molecule has 7 nitrogen and oxygen atoms in total. The third-order valence-electron chi connectivity index (χ3n) is 5.52. The van der Waals surface area contributed by atoms with Crippen LogP contribution >= 0.6 is 0 Å². The van der Waals surface area contributed by atoms with E-state index in [2.05, 4.69) is 0 Å². The highest BCUT2D eigenvalue weighted by molar-refractivity contribution is 6.31. The molecule has 0 spiro atoms. The molecule has 0 aliphatic rings. The van der Waals surface area contributed by atoms with Gasteiger partial charge in [0, 0.05) is 11.1 Å². The molecular weight excluding hydrogens is 491 g/mol. The maximum atomic E-state index is 14.0. The van der Waals surface area contributed by atoms with Crippen molar-refractivity contribution in [2.45, 2.75) is 0 Å². The number of benzene rings is 3. The maximum Gasteiger partial charge on any atom is 0.189 e. The molecular formula is C30H27FO7. The molecule has 0 aromatic heterocycles. The van der Waals surface area contributed by atoms with E-state index >= 15 is 0 Å². The van der Waals surface area contributed by atoms with Crippen LogP contribution in [0.3, 0.4) is 0 Å². The number of ether oxygens (including phenoxy) is 4. The van der Waals surface area contributed by atoms with E-state index in [0.717, 1.165) is 12.1 Å². The molecule has 0 amide bonds. The molecule has 1 N–H and O–H groups in total. The molecule has 8 heteroatoms. The van der Waals surface area contributed by atoms with Crippen molar-refractivity contribution in [3.05, 3.63) is 94.8 Å². The number of phenolic OH excluding ortho intramolecular Hbond substituents is 1. The number of hydrogen-bond donors (Lipinski definition) is 1. The van der Waals surface area contributed by atoms with Crippen molar-refractivity contribution >= 4 is 29.8 Å². The van der Waals surface area contributed by atoms with Crippen molar-refractivity contribution in [2.75, 3.05) is 28.4 Å². The van der Waals surface area contributed by atoms with Crippen LogP contribution in [0.25, 0.3) is 18.2 Å². The molecule has 0 unspecified atom stereocenters. The topological polar surface area (TPSA) is 91.3 Å². The summed E-state index contributed by atoms with van der Waals surface area (Å²) < 4.78 is 35.1. The van der Waals surface area contributed by atoms with Gasteiger partial charge in [-0.25, -0.2) is 4.39 Å². The van der Waals surface area contributed by atoms with Crippen molar-refractivity contribution in [1.82, 2.24) is 0 Å². The fourth-order valence-electron chi connectivity index (χ4n) is 3.49. The number of hydrogen-bond acceptors (Lipinski definition) is 7. The molecule has 0 aliphatic heterocycles. The SMILES string of the molecule is COc1ccc(OC)c(/C=C/C(=O)C(=Cc2ccc(O)c(F)c2)C(=O)/C=C/c2cc(OC)ccc2OC)c1. The molecule has 0 aliphatic carbocycles. The average Bonchev–Trinajstić information content (AvgIpc) is 2.94. The second-order valence-corrected chi connectivity index (χ2v) is 7.88. The van der Waals surface area contributed by atoms with Gasteiger partial charge in [0.15, 0.2) is 23.1 Å². The number of halogens is 1. The predicted molar refractivity (Wildman–Crippen MR) is 143 cm³/mol. The van der Waals surface area contributed by atoms with Gasteiger partial charge in [-0.05, 0) is 84.5 Å². The van der Waals surface area contributed by atoms with E-state index in [1.807, 2.05) is 0 Å². The summed E-state index contributed by atoms with van der Waals surface area (Å²) in [5.74, 6) is -0.581. The monoisotopic (exact) mass is 518 g/mol. The molecule has 196 valence electrons. The summed E-state index contributed by atoms with van der Waals surface area (Å²) in [4.78, 5) is 26.5. The minimum Gasteiger partial charge on any atom is -0.505 e. The molecule has 0 bridgehead atoms. The van der Waals surface area contributed by atoms with E-state index in [1.54, 1.807) is 36.4 Å². The summed E-state index contributed by atoms with van der Waals surface area (Å²) in [6.45, 7) is 0. The van der Waals surface area contributed by atoms with Crippen LogP contribution < -0.4 is 18.9 Å². The number of methoxy groups -OCH3 is 4. The van der Waals surface area contributed by atoms with Crippen LogP contribution in [-0.2, 0) is 9.59 Å². The van der Waals surface area contributed by atoms with Crippen molar-refractivity contribution in [3.63, 3.8) is 0 Å². The summed E-state index contributed by atoms with van der Waals surface area (Å²) in [7, 11) is 6.01. The third-order valence-corrected chi connectivity index (χ3v) is 5.52. The zero-order valence-electron chi connectivity index (χ0n) is 21.4. The Morgan fingerprint density at radius 1 is 0.711 bits per heavy atom. The van der Waals surface area contributed by atoms with Crippen LogP contribution in [0, 0.1) is 5.82 Å². The van der Waals surface area contributed by atoms with Crippen LogP contribution in [0.5, 0.6) is 28.7 Å². The molecule has 0 fully saturated rings. The smallest absolute Gasteiger partial charge is 0.189 e. The maximum absolute atomic E-state index is 14.0. The molecule has 3 rings (SSSR count). The van der Waals surface area contributed by atoms with E-state index in [1.165, 1.54) is 64.9 Å². The Bertz CT molecular complexity index is 1340. The third kappa shape index (κ3) is 6.88. The zero-order chi connectivity index (χ0) is 27.7. The van der Waals surface area contributed by atoms with Crippen LogP contribution in [0.2, 0.25) is 0 Å². The first-order chi connectivity index (χ1) is 18.3. The van der Waals surface area contributed by atoms with Crippen molar-refractivity contribution in [1.29, 1.82) is 0 Å². The standard InChI is InChI=1S/C30H27FO7/c1-35-22-8-13-29(37-3)20(17-22)6-11-26(32)24(15-19-5-10-28(34)25(31)16-19)27(33)12-7-21-18-23(36-2)9-14-30(21)38-4/h5-18,34H,1-4H3/b11-6+,12-7+. The lowest BCUT2D eigenvalue weighted by atomic mass is 10.00. The summed E-state index contributed by atoms with van der Waals surface area (Å²) >= 11 is 0. The van der Waals surface area contributed by atoms with Crippen LogP contribution in [-0.4, -0.2) is 45.1 Å². The quantitative estimate of drug-likeness (QED) is 0.203. The van der Waals surface area contributed by atoms with E-state index in [4.69, 9.17) is 18.9 Å². The molecule has 38 heavy (non-hydrogen) atoms. The van der Waals surface area contributed by atoms with E-state index in [0.29, 0.717) is 34.1 Å². The van der Waals surface area contributed by atoms with E-state index < -0.39 is 23.1 Å². The molecule has 0 saturated carbocycles. The van der Waals surface area contributed by atoms with E-state index in [-0.39, 0.29) is 11.1 Å². The lowest BCUT2D eigenvalue weighted by Crippen LogP contribution is -2.09. The van der Waals surface area contributed by atoms with Crippen molar-refractivity contribution in [2.24, 2.45) is 0 Å². The first-order valence-corrected chi connectivity index (χ1v) is 11.4. The lowest BCUT2D eigenvalue weighted by molar-refractivity contribution is -0.116. The Morgan fingerprint density at radius 3 is 1.63 bits per heavy atom. The minimum absolute atomic E-state index is 0.219. The lowest BCUT2D eigenvalue weighted by Gasteiger charge is -2.08. The van der Waals surface area contributed by atoms with Crippen LogP contribution in [0.1, 0.15) is 16.7 Å². The normalized spacial score (nSPS) is 10.9. The summed E-state index contributed by atoms with van der Waals surface area (Å²) in [5.41, 5.74) is 1.10. The molecule has 0 radical (unpaired) electrons. The first kappa shape index (κ1) is 27.7. The summed E-state index contributed by atoms with van der Waals surface area (Å²) in [6.07, 6.45) is 6.69. The fourth-order valence-corrected chi connectivity index (χ4v) is 3.49. The molecule has 0 saturated heterocycles. The van der Waals surface area contributed by atoms with Crippen LogP contribution in [0.15, 0.2) is 72.3 Å². The largest absolute Gasteiger partial charge is 0.505 e. The number of carbonyl (C=O) groups is 2. The Balaban J connectivity index is 2.01. The number of allylic oxidation sites excluding steroid dienone is 3. The predicted octanol–water partition coefficient (Wildman–Crippen LogP) is 5.51. The van der Waals surface area contributed by atoms with Gasteiger partial charge in [-0.1, -0.05) is 6.07 Å². The van der Waals surface area contributed by atoms with Gasteiger partial charge in [-0.15, -0.1) is 0 Å². The average molecular weight is 519 g/mol. The highest BCUT2D eigenvalue weighted by Gasteiger charge is 2.16. The molecule has 3 aromatic rings. The molecule has 3 aromatic carbocycles. The van der Waals surface area contributed by atoms with Gasteiger partial charge in [-0.3, -0.25) is 9.59 Å². The highest BCUT2D eigenvalue weighted by atomic mass is 19.1. The molecule has 0 atom stereocenters. The van der Waals surface area contributed by atoms with Crippen LogP contribution in [0.4, 0.5) is 4.39 Å². The molecule has 0 heterocycles. The minimum atomic E-state index is -0.883. The Morgan fingerprint density at radius 2 is 1.21 bits per heavy atom. The fraction of sp³-hybridized carbons (Fsp3) is 0.133. The van der Waals surface area contributed by atoms with Crippen molar-refractivity contribution in [3.8, 4) is 28.7 Å². The summed E-state index contributed by atoms with van der Waals surface area (Å²) in [5, 5.41) is 9.50. The Hall–Kier alpha value is -4.85. The number of rotatable bonds is 11. The van der Waals surface area contributed by atoms with Gasteiger partial charge < -0.3 is 24.1 Å². The number of aromatic hydroxyl groups is 1. The first-order valence-electron chi connectivity index (χ1n) is 11.4. The van der Waals surface area contributed by atoms with Crippen molar-refractivity contribution < 1.29 is 38.0 Å². The Kier molecular flexibility index (Phi) is 9.42. The van der Waals surface area contributed by atoms with Gasteiger partial charge in [0.25, 0.3) is 0 Å². The van der Waals surface area contributed by atoms with Gasteiger partial charge in [-0.2, -0.15) is 0 Å². The van der Waals surface area contributed by atoms with Gasteiger partial charge in [0.05, 0.1) is 34.0 Å². The Labute approximate surface area is 220 Å². The number of ketones is 2. The highest BCUT2D eigenvalue weighted by Crippen LogP contribution is 2.27.